The van der Waals surface area contributed by atoms with Gasteiger partial charge in [0.05, 0.1) is 13.0 Å². The van der Waals surface area contributed by atoms with Gasteiger partial charge in [0.2, 0.25) is 5.91 Å². The van der Waals surface area contributed by atoms with Crippen LogP contribution in [0.15, 0.2) is 24.3 Å². The van der Waals surface area contributed by atoms with Crippen LogP contribution in [0.5, 0.6) is 5.75 Å². The molecule has 4 nitrogen and oxygen atoms in total. The van der Waals surface area contributed by atoms with Gasteiger partial charge in [-0.25, -0.2) is 0 Å². The first-order chi connectivity index (χ1) is 10.2. The maximum atomic E-state index is 11.7. The first-order valence-electron chi connectivity index (χ1n) is 7.41. The number of hydrogen-bond acceptors (Lipinski definition) is 3. The minimum atomic E-state index is -0.0314. The van der Waals surface area contributed by atoms with Crippen molar-refractivity contribution in [2.75, 3.05) is 19.8 Å². The molecule has 0 aliphatic heterocycles. The number of rotatable bonds is 10. The lowest BCUT2D eigenvalue weighted by atomic mass is 10.0. The molecule has 5 heteroatoms. The molecule has 0 bridgehead atoms. The Morgan fingerprint density at radius 3 is 2.90 bits per heavy atom. The van der Waals surface area contributed by atoms with Gasteiger partial charge in [0, 0.05) is 18.2 Å². The van der Waals surface area contributed by atoms with Gasteiger partial charge in [-0.1, -0.05) is 31.0 Å². The Morgan fingerprint density at radius 2 is 2.24 bits per heavy atom. The molecule has 0 spiro atoms. The summed E-state index contributed by atoms with van der Waals surface area (Å²) < 4.78 is 5.47. The van der Waals surface area contributed by atoms with Crippen LogP contribution in [0.2, 0.25) is 5.02 Å². The van der Waals surface area contributed by atoms with Crippen LogP contribution in [0.1, 0.15) is 32.6 Å². The topological polar surface area (TPSA) is 58.6 Å². The quantitative estimate of drug-likeness (QED) is 0.698. The van der Waals surface area contributed by atoms with Crippen molar-refractivity contribution < 1.29 is 14.6 Å². The Balaban J connectivity index is 2.21. The number of nitrogens with one attached hydrogen (secondary N) is 1. The highest BCUT2D eigenvalue weighted by atomic mass is 35.5. The molecule has 1 aromatic rings. The Kier molecular flexibility index (Phi) is 8.87. The van der Waals surface area contributed by atoms with Crippen molar-refractivity contribution in [1.82, 2.24) is 5.32 Å². The highest BCUT2D eigenvalue weighted by Crippen LogP contribution is 2.17. The van der Waals surface area contributed by atoms with Gasteiger partial charge in [0.25, 0.3) is 0 Å². The Bertz CT molecular complexity index is 420. The summed E-state index contributed by atoms with van der Waals surface area (Å²) in [6.07, 6.45) is 3.11. The number of aliphatic hydroxyl groups is 1. The minimum Gasteiger partial charge on any atom is -0.493 e. The third kappa shape index (κ3) is 7.93. The molecule has 0 fully saturated rings. The van der Waals surface area contributed by atoms with Gasteiger partial charge in [-0.05, 0) is 37.0 Å². The predicted molar refractivity (Wildman–Crippen MR) is 84.7 cm³/mol. The molecule has 0 radical (unpaired) electrons. The average molecular weight is 314 g/mol. The van der Waals surface area contributed by atoms with Crippen molar-refractivity contribution in [3.8, 4) is 5.75 Å². The van der Waals surface area contributed by atoms with Crippen LogP contribution in [0.3, 0.4) is 0 Å². The SMILES string of the molecule is CCCC(CCO)CNC(=O)CCOc1cccc(Cl)c1. The number of aliphatic hydroxyl groups excluding tert-OH is 1. The van der Waals surface area contributed by atoms with Crippen LogP contribution in [0.25, 0.3) is 0 Å². The van der Waals surface area contributed by atoms with E-state index in [9.17, 15) is 4.79 Å². The molecule has 0 aliphatic rings. The third-order valence-electron chi connectivity index (χ3n) is 3.22. The highest BCUT2D eigenvalue weighted by Gasteiger charge is 2.09. The second kappa shape index (κ2) is 10.5. The summed E-state index contributed by atoms with van der Waals surface area (Å²) in [6, 6.07) is 7.11. The van der Waals surface area contributed by atoms with Crippen molar-refractivity contribution in [1.29, 1.82) is 0 Å². The van der Waals surface area contributed by atoms with Gasteiger partial charge in [0.15, 0.2) is 0 Å². The van der Waals surface area contributed by atoms with Crippen LogP contribution in [0, 0.1) is 5.92 Å². The van der Waals surface area contributed by atoms with Crippen LogP contribution < -0.4 is 10.1 Å². The zero-order valence-electron chi connectivity index (χ0n) is 12.5. The van der Waals surface area contributed by atoms with Gasteiger partial charge in [-0.15, -0.1) is 0 Å². The normalized spacial score (nSPS) is 12.0. The molecule has 1 atom stereocenters. The van der Waals surface area contributed by atoms with Gasteiger partial charge in [-0.3, -0.25) is 4.79 Å². The number of amides is 1. The summed E-state index contributed by atoms with van der Waals surface area (Å²) in [6.45, 7) is 3.21. The molecule has 0 aromatic heterocycles. The van der Waals surface area contributed by atoms with Crippen LogP contribution in [-0.4, -0.2) is 30.8 Å². The monoisotopic (exact) mass is 313 g/mol. The number of ether oxygens (including phenoxy) is 1. The van der Waals surface area contributed by atoms with Crippen molar-refractivity contribution >= 4 is 17.5 Å². The van der Waals surface area contributed by atoms with Crippen molar-refractivity contribution in [3.63, 3.8) is 0 Å². The second-order valence-corrected chi connectivity index (χ2v) is 5.46. The van der Waals surface area contributed by atoms with Gasteiger partial charge in [0.1, 0.15) is 5.75 Å². The molecule has 1 unspecified atom stereocenters. The molecule has 1 aromatic carbocycles. The fraction of sp³-hybridized carbons (Fsp3) is 0.562. The molecule has 0 saturated carbocycles. The number of carbonyl (C=O) groups excluding carboxylic acids is 1. The Morgan fingerprint density at radius 1 is 1.43 bits per heavy atom. The number of hydrogen-bond donors (Lipinski definition) is 2. The standard InChI is InChI=1S/C16H24ClNO3/c1-2-4-13(7-9-19)12-18-16(20)8-10-21-15-6-3-5-14(17)11-15/h3,5-6,11,13,19H,2,4,7-10,12H2,1H3,(H,18,20). The lowest BCUT2D eigenvalue weighted by molar-refractivity contribution is -0.121. The van der Waals surface area contributed by atoms with Gasteiger partial charge >= 0.3 is 0 Å². The van der Waals surface area contributed by atoms with Crippen molar-refractivity contribution in [2.24, 2.45) is 5.92 Å². The molecule has 0 heterocycles. The fourth-order valence-corrected chi connectivity index (χ4v) is 2.28. The van der Waals surface area contributed by atoms with Crippen LogP contribution >= 0.6 is 11.6 Å². The van der Waals surface area contributed by atoms with Gasteiger partial charge in [-0.2, -0.15) is 0 Å². The maximum absolute atomic E-state index is 11.7. The summed E-state index contributed by atoms with van der Waals surface area (Å²) in [5.41, 5.74) is 0. The van der Waals surface area contributed by atoms with E-state index in [0.29, 0.717) is 36.3 Å². The molecule has 1 amide bonds. The summed E-state index contributed by atoms with van der Waals surface area (Å²) in [4.78, 5) is 11.7. The Labute approximate surface area is 131 Å². The molecule has 1 rings (SSSR count). The molecule has 0 saturated heterocycles. The van der Waals surface area contributed by atoms with E-state index >= 15 is 0 Å². The number of halogens is 1. The van der Waals surface area contributed by atoms with Crippen molar-refractivity contribution in [2.45, 2.75) is 32.6 Å². The zero-order chi connectivity index (χ0) is 15.5. The molecule has 118 valence electrons. The number of carbonyl (C=O) groups is 1. The lowest BCUT2D eigenvalue weighted by Gasteiger charge is -2.15. The molecule has 0 aliphatic carbocycles. The predicted octanol–water partition coefficient (Wildman–Crippen LogP) is 3.02. The van der Waals surface area contributed by atoms with Crippen LogP contribution in [-0.2, 0) is 4.79 Å². The second-order valence-electron chi connectivity index (χ2n) is 5.03. The first kappa shape index (κ1) is 17.8. The number of benzene rings is 1. The van der Waals surface area contributed by atoms with E-state index in [-0.39, 0.29) is 12.5 Å². The Hall–Kier alpha value is -1.26. The van der Waals surface area contributed by atoms with Crippen molar-refractivity contribution in [3.05, 3.63) is 29.3 Å². The average Bonchev–Trinajstić information content (AvgIpc) is 2.45. The smallest absolute Gasteiger partial charge is 0.223 e. The molecular weight excluding hydrogens is 290 g/mol. The summed E-state index contributed by atoms with van der Waals surface area (Å²) in [5, 5.41) is 12.5. The van der Waals surface area contributed by atoms with E-state index < -0.39 is 0 Å². The van der Waals surface area contributed by atoms with E-state index in [1.54, 1.807) is 12.1 Å². The largest absolute Gasteiger partial charge is 0.493 e. The van der Waals surface area contributed by atoms with E-state index in [0.717, 1.165) is 19.3 Å². The fourth-order valence-electron chi connectivity index (χ4n) is 2.10. The van der Waals surface area contributed by atoms with E-state index in [1.165, 1.54) is 0 Å². The third-order valence-corrected chi connectivity index (χ3v) is 3.45. The van der Waals surface area contributed by atoms with E-state index in [4.69, 9.17) is 21.4 Å². The summed E-state index contributed by atoms with van der Waals surface area (Å²) in [5.74, 6) is 0.980. The van der Waals surface area contributed by atoms with E-state index in [1.807, 2.05) is 12.1 Å². The van der Waals surface area contributed by atoms with E-state index in [2.05, 4.69) is 12.2 Å². The zero-order valence-corrected chi connectivity index (χ0v) is 13.2. The minimum absolute atomic E-state index is 0.0314. The molecular formula is C16H24ClNO3. The summed E-state index contributed by atoms with van der Waals surface area (Å²) in [7, 11) is 0. The molecule has 2 N–H and O–H groups in total. The van der Waals surface area contributed by atoms with Gasteiger partial charge < -0.3 is 15.2 Å². The first-order valence-corrected chi connectivity index (χ1v) is 7.79. The summed E-state index contributed by atoms with van der Waals surface area (Å²) >= 11 is 5.85. The highest BCUT2D eigenvalue weighted by molar-refractivity contribution is 6.30. The molecule has 21 heavy (non-hydrogen) atoms. The maximum Gasteiger partial charge on any atom is 0.223 e. The van der Waals surface area contributed by atoms with Crippen LogP contribution in [0.4, 0.5) is 0 Å². The lowest BCUT2D eigenvalue weighted by Crippen LogP contribution is -2.30.